The number of amides is 1. The van der Waals surface area contributed by atoms with Gasteiger partial charge in [0.05, 0.1) is 5.56 Å². The van der Waals surface area contributed by atoms with Crippen LogP contribution in [0.4, 0.5) is 24.7 Å². The Morgan fingerprint density at radius 1 is 1.14 bits per heavy atom. The van der Waals surface area contributed by atoms with Crippen molar-refractivity contribution in [3.8, 4) is 0 Å². The smallest absolute Gasteiger partial charge is 0.399 e. The number of nitrogens with two attached hydrogens (primary N) is 1. The quantitative estimate of drug-likeness (QED) is 0.675. The predicted molar refractivity (Wildman–Crippen MR) is 77.8 cm³/mol. The fourth-order valence-corrected chi connectivity index (χ4v) is 1.58. The van der Waals surface area contributed by atoms with E-state index in [1.165, 1.54) is 6.08 Å². The molecule has 0 atom stereocenters. The fraction of sp³-hybridized carbons (Fsp3) is 0.0667. The standard InChI is InChI=1S/C15H12F3N3O/c16-15(17,18)11-4-7-13(20-9-11)21-14(22)8-3-10-1-5-12(19)6-2-10/h1-9H,19H2,(H,20,21,22)/b8-3+. The first-order chi connectivity index (χ1) is 10.3. The van der Waals surface area contributed by atoms with Crippen LogP contribution in [0.5, 0.6) is 0 Å². The molecule has 114 valence electrons. The maximum atomic E-state index is 12.4. The van der Waals surface area contributed by atoms with Crippen LogP contribution < -0.4 is 11.1 Å². The van der Waals surface area contributed by atoms with Gasteiger partial charge in [0, 0.05) is 18.0 Å². The van der Waals surface area contributed by atoms with Gasteiger partial charge in [0.2, 0.25) is 5.91 Å². The first kappa shape index (κ1) is 15.6. The van der Waals surface area contributed by atoms with Crippen molar-refractivity contribution in [2.45, 2.75) is 6.18 Å². The number of pyridine rings is 1. The maximum absolute atomic E-state index is 12.4. The molecule has 2 aromatic rings. The summed E-state index contributed by atoms with van der Waals surface area (Å²) in [6, 6.07) is 8.79. The second kappa shape index (κ2) is 6.30. The van der Waals surface area contributed by atoms with E-state index in [0.29, 0.717) is 11.9 Å². The number of halogens is 3. The Bertz CT molecular complexity index is 677. The third-order valence-electron chi connectivity index (χ3n) is 2.71. The van der Waals surface area contributed by atoms with Crippen LogP contribution in [0.25, 0.3) is 6.08 Å². The van der Waals surface area contributed by atoms with Crippen molar-refractivity contribution in [2.75, 3.05) is 11.1 Å². The minimum atomic E-state index is -4.45. The number of aromatic nitrogens is 1. The lowest BCUT2D eigenvalue weighted by Crippen LogP contribution is -2.11. The van der Waals surface area contributed by atoms with E-state index in [-0.39, 0.29) is 5.82 Å². The summed E-state index contributed by atoms with van der Waals surface area (Å²) in [7, 11) is 0. The zero-order valence-corrected chi connectivity index (χ0v) is 11.3. The SMILES string of the molecule is Nc1ccc(/C=C/C(=O)Nc2ccc(C(F)(F)F)cn2)cc1. The van der Waals surface area contributed by atoms with Crippen molar-refractivity contribution in [2.24, 2.45) is 0 Å². The van der Waals surface area contributed by atoms with E-state index in [1.54, 1.807) is 30.3 Å². The number of hydrogen-bond donors (Lipinski definition) is 2. The van der Waals surface area contributed by atoms with Gasteiger partial charge in [-0.25, -0.2) is 4.98 Å². The maximum Gasteiger partial charge on any atom is 0.417 e. The third-order valence-corrected chi connectivity index (χ3v) is 2.71. The summed E-state index contributed by atoms with van der Waals surface area (Å²) >= 11 is 0. The highest BCUT2D eigenvalue weighted by atomic mass is 19.4. The molecule has 0 bridgehead atoms. The van der Waals surface area contributed by atoms with E-state index in [9.17, 15) is 18.0 Å². The van der Waals surface area contributed by atoms with Crippen LogP contribution in [0.3, 0.4) is 0 Å². The van der Waals surface area contributed by atoms with E-state index >= 15 is 0 Å². The van der Waals surface area contributed by atoms with Crippen LogP contribution in [0.1, 0.15) is 11.1 Å². The highest BCUT2D eigenvalue weighted by Gasteiger charge is 2.30. The summed E-state index contributed by atoms with van der Waals surface area (Å²) < 4.78 is 37.1. The summed E-state index contributed by atoms with van der Waals surface area (Å²) in [4.78, 5) is 15.2. The van der Waals surface area contributed by atoms with Gasteiger partial charge >= 0.3 is 6.18 Å². The van der Waals surface area contributed by atoms with Gasteiger partial charge < -0.3 is 11.1 Å². The lowest BCUT2D eigenvalue weighted by Gasteiger charge is -2.06. The minimum absolute atomic E-state index is 0.0416. The van der Waals surface area contributed by atoms with Crippen molar-refractivity contribution in [3.63, 3.8) is 0 Å². The molecule has 0 aliphatic rings. The van der Waals surface area contributed by atoms with Crippen molar-refractivity contribution in [1.82, 2.24) is 4.98 Å². The average Bonchev–Trinajstić information content (AvgIpc) is 2.46. The van der Waals surface area contributed by atoms with Gasteiger partial charge in [0.1, 0.15) is 5.82 Å². The average molecular weight is 307 g/mol. The van der Waals surface area contributed by atoms with E-state index in [2.05, 4.69) is 10.3 Å². The van der Waals surface area contributed by atoms with Gasteiger partial charge in [0.25, 0.3) is 0 Å². The first-order valence-electron chi connectivity index (χ1n) is 6.22. The summed E-state index contributed by atoms with van der Waals surface area (Å²) in [6.07, 6.45) is -0.979. The van der Waals surface area contributed by atoms with Gasteiger partial charge in [-0.1, -0.05) is 12.1 Å². The number of nitrogens with zero attached hydrogens (tertiary/aromatic N) is 1. The largest absolute Gasteiger partial charge is 0.417 e. The molecule has 0 unspecified atom stereocenters. The molecule has 0 aliphatic carbocycles. The highest BCUT2D eigenvalue weighted by molar-refractivity contribution is 6.01. The molecular weight excluding hydrogens is 295 g/mol. The minimum Gasteiger partial charge on any atom is -0.399 e. The van der Waals surface area contributed by atoms with Gasteiger partial charge in [-0.15, -0.1) is 0 Å². The summed E-state index contributed by atoms with van der Waals surface area (Å²) in [6.45, 7) is 0. The molecular formula is C15H12F3N3O. The van der Waals surface area contributed by atoms with Crippen molar-refractivity contribution in [1.29, 1.82) is 0 Å². The van der Waals surface area contributed by atoms with E-state index in [4.69, 9.17) is 5.73 Å². The molecule has 0 saturated heterocycles. The van der Waals surface area contributed by atoms with E-state index in [1.807, 2.05) is 0 Å². The summed E-state index contributed by atoms with van der Waals surface area (Å²) in [5.74, 6) is -0.455. The summed E-state index contributed by atoms with van der Waals surface area (Å²) in [5, 5.41) is 2.37. The van der Waals surface area contributed by atoms with Crippen LogP contribution in [-0.2, 0) is 11.0 Å². The molecule has 1 aromatic heterocycles. The van der Waals surface area contributed by atoms with Crippen LogP contribution in [0, 0.1) is 0 Å². The molecule has 3 N–H and O–H groups in total. The fourth-order valence-electron chi connectivity index (χ4n) is 1.58. The van der Waals surface area contributed by atoms with Crippen molar-refractivity contribution >= 4 is 23.5 Å². The molecule has 4 nitrogen and oxygen atoms in total. The Hall–Kier alpha value is -2.83. The van der Waals surface area contributed by atoms with Crippen LogP contribution in [0.2, 0.25) is 0 Å². The molecule has 1 amide bonds. The Kier molecular flexibility index (Phi) is 4.45. The lowest BCUT2D eigenvalue weighted by atomic mass is 10.2. The van der Waals surface area contributed by atoms with E-state index in [0.717, 1.165) is 17.7 Å². The molecule has 2 rings (SSSR count). The number of rotatable bonds is 3. The predicted octanol–water partition coefficient (Wildman–Crippen LogP) is 3.33. The number of carbonyl (C=O) groups excluding carboxylic acids is 1. The van der Waals surface area contributed by atoms with Crippen LogP contribution in [0.15, 0.2) is 48.7 Å². The number of nitrogens with one attached hydrogen (secondary N) is 1. The number of alkyl halides is 3. The number of hydrogen-bond acceptors (Lipinski definition) is 3. The van der Waals surface area contributed by atoms with Crippen LogP contribution >= 0.6 is 0 Å². The molecule has 7 heteroatoms. The summed E-state index contributed by atoms with van der Waals surface area (Å²) in [5.41, 5.74) is 6.04. The Morgan fingerprint density at radius 3 is 2.36 bits per heavy atom. The molecule has 22 heavy (non-hydrogen) atoms. The van der Waals surface area contributed by atoms with Gasteiger partial charge in [-0.3, -0.25) is 4.79 Å². The van der Waals surface area contributed by atoms with E-state index < -0.39 is 17.6 Å². The number of anilines is 2. The molecule has 0 aliphatic heterocycles. The van der Waals surface area contributed by atoms with Crippen molar-refractivity contribution < 1.29 is 18.0 Å². The zero-order valence-electron chi connectivity index (χ0n) is 11.3. The number of nitrogen functional groups attached to an aromatic ring is 1. The molecule has 1 heterocycles. The van der Waals surface area contributed by atoms with Gasteiger partial charge in [-0.2, -0.15) is 13.2 Å². The Morgan fingerprint density at radius 2 is 1.82 bits per heavy atom. The molecule has 0 spiro atoms. The van der Waals surface area contributed by atoms with Crippen LogP contribution in [-0.4, -0.2) is 10.9 Å². The zero-order chi connectivity index (χ0) is 16.2. The third kappa shape index (κ3) is 4.34. The van der Waals surface area contributed by atoms with Gasteiger partial charge in [0.15, 0.2) is 0 Å². The topological polar surface area (TPSA) is 68.0 Å². The first-order valence-corrected chi connectivity index (χ1v) is 6.22. The lowest BCUT2D eigenvalue weighted by molar-refractivity contribution is -0.137. The number of carbonyl (C=O) groups is 1. The molecule has 1 aromatic carbocycles. The normalized spacial score (nSPS) is 11.6. The number of benzene rings is 1. The molecule has 0 saturated carbocycles. The van der Waals surface area contributed by atoms with Gasteiger partial charge in [-0.05, 0) is 35.9 Å². The molecule has 0 fully saturated rings. The van der Waals surface area contributed by atoms with Crippen molar-refractivity contribution in [3.05, 3.63) is 59.8 Å². The molecule has 0 radical (unpaired) electrons. The second-order valence-corrected chi connectivity index (χ2v) is 4.42. The monoisotopic (exact) mass is 307 g/mol. The highest BCUT2D eigenvalue weighted by Crippen LogP contribution is 2.28. The second-order valence-electron chi connectivity index (χ2n) is 4.42. The Balaban J connectivity index is 1.98. The Labute approximate surface area is 124 Å².